The number of rotatable bonds is 4. The summed E-state index contributed by atoms with van der Waals surface area (Å²) < 4.78 is 6.39. The van der Waals surface area contributed by atoms with Crippen molar-refractivity contribution in [2.24, 2.45) is 0 Å². The quantitative estimate of drug-likeness (QED) is 0.579. The van der Waals surface area contributed by atoms with E-state index in [4.69, 9.17) is 4.74 Å². The molecule has 2 atom stereocenters. The van der Waals surface area contributed by atoms with E-state index < -0.39 is 0 Å². The smallest absolute Gasteiger partial charge is 0.101 e. The number of likely N-dealkylation sites (tertiary alicyclic amines) is 1. The molecule has 0 saturated carbocycles. The van der Waals surface area contributed by atoms with Gasteiger partial charge in [-0.2, -0.15) is 5.26 Å². The summed E-state index contributed by atoms with van der Waals surface area (Å²) in [5, 5.41) is 10.5. The van der Waals surface area contributed by atoms with Crippen molar-refractivity contribution in [1.29, 1.82) is 5.26 Å². The molecule has 3 aliphatic rings. The number of nitriles is 1. The fraction of sp³-hybridized carbons (Fsp3) is 0.464. The number of hydrogen-bond donors (Lipinski definition) is 0. The third-order valence-electron chi connectivity index (χ3n) is 7.78. The van der Waals surface area contributed by atoms with Crippen LogP contribution in [0.25, 0.3) is 10.9 Å². The van der Waals surface area contributed by atoms with Gasteiger partial charge in [0.15, 0.2) is 0 Å². The molecule has 7 heteroatoms. The van der Waals surface area contributed by atoms with E-state index in [0.29, 0.717) is 5.56 Å². The number of ether oxygens (including phenoxy) is 1. The average molecular weight is 469 g/mol. The van der Waals surface area contributed by atoms with Crippen molar-refractivity contribution < 1.29 is 4.74 Å². The Labute approximate surface area is 206 Å². The van der Waals surface area contributed by atoms with Gasteiger partial charge in [0, 0.05) is 73.6 Å². The minimum absolute atomic E-state index is 0.148. The van der Waals surface area contributed by atoms with Crippen molar-refractivity contribution in [1.82, 2.24) is 14.9 Å². The van der Waals surface area contributed by atoms with Crippen LogP contribution in [0.15, 0.2) is 42.6 Å². The number of aryl methyl sites for hydroxylation is 2. The number of hydrogen-bond acceptors (Lipinski definition) is 7. The minimum atomic E-state index is 0.148. The molecule has 0 bridgehead atoms. The number of morpholine rings is 1. The molecule has 7 nitrogen and oxygen atoms in total. The van der Waals surface area contributed by atoms with Gasteiger partial charge >= 0.3 is 0 Å². The lowest BCUT2D eigenvalue weighted by molar-refractivity contribution is -0.0631. The van der Waals surface area contributed by atoms with Gasteiger partial charge in [-0.05, 0) is 63.6 Å². The minimum Gasteiger partial charge on any atom is -0.370 e. The van der Waals surface area contributed by atoms with Crippen molar-refractivity contribution >= 4 is 22.3 Å². The van der Waals surface area contributed by atoms with Crippen LogP contribution in [0.4, 0.5) is 11.4 Å². The normalized spacial score (nSPS) is 23.7. The van der Waals surface area contributed by atoms with Gasteiger partial charge in [-0.15, -0.1) is 0 Å². The summed E-state index contributed by atoms with van der Waals surface area (Å²) in [5.74, 6) is 0. The topological polar surface area (TPSA) is 68.5 Å². The number of pyridine rings is 2. The van der Waals surface area contributed by atoms with Gasteiger partial charge in [-0.3, -0.25) is 14.9 Å². The summed E-state index contributed by atoms with van der Waals surface area (Å²) in [4.78, 5) is 16.6. The number of benzene rings is 1. The maximum absolute atomic E-state index is 9.50. The molecule has 35 heavy (non-hydrogen) atoms. The Morgan fingerprint density at radius 1 is 1.14 bits per heavy atom. The predicted octanol–water partition coefficient (Wildman–Crippen LogP) is 3.68. The lowest BCUT2D eigenvalue weighted by atomic mass is 9.76. The third kappa shape index (κ3) is 3.91. The van der Waals surface area contributed by atoms with Crippen LogP contribution in [0.2, 0.25) is 0 Å². The summed E-state index contributed by atoms with van der Waals surface area (Å²) >= 11 is 0. The van der Waals surface area contributed by atoms with Crippen molar-refractivity contribution in [2.75, 3.05) is 49.1 Å². The number of nitrogens with zero attached hydrogens (tertiary/aromatic N) is 6. The second-order valence-corrected chi connectivity index (χ2v) is 10.5. The molecule has 180 valence electrons. The van der Waals surface area contributed by atoms with Gasteiger partial charge in [0.2, 0.25) is 0 Å². The van der Waals surface area contributed by atoms with Crippen molar-refractivity contribution in [3.05, 3.63) is 59.5 Å². The standard InChI is InChI=1S/C28H32N6O/c1-19-11-23(12-20(2)31-19)34-10-8-28(34)17-32(18-28)15-24-16-33(14-21(3)35-24)26-7-6-22(13-29)27-25(26)5-4-9-30-27/h4-7,9,11-12,21,24H,8,10,14-18H2,1-3H3. The monoisotopic (exact) mass is 468 g/mol. The molecule has 6 rings (SSSR count). The fourth-order valence-electron chi connectivity index (χ4n) is 6.31. The molecule has 0 N–H and O–H groups in total. The van der Waals surface area contributed by atoms with Gasteiger partial charge in [0.25, 0.3) is 0 Å². The molecule has 5 heterocycles. The SMILES string of the molecule is Cc1cc(N2CCC23CN(CC2CN(c4ccc(C#N)c5ncccc45)CC(C)O2)C3)cc(C)n1. The Bertz CT molecular complexity index is 1290. The zero-order valence-electron chi connectivity index (χ0n) is 20.7. The molecule has 2 unspecified atom stereocenters. The highest BCUT2D eigenvalue weighted by Crippen LogP contribution is 2.43. The second-order valence-electron chi connectivity index (χ2n) is 10.5. The first-order valence-corrected chi connectivity index (χ1v) is 12.6. The highest BCUT2D eigenvalue weighted by molar-refractivity contribution is 5.95. The van der Waals surface area contributed by atoms with Crippen LogP contribution in [-0.2, 0) is 4.74 Å². The molecule has 3 saturated heterocycles. The zero-order chi connectivity index (χ0) is 24.2. The van der Waals surface area contributed by atoms with Crippen molar-refractivity contribution in [3.8, 4) is 6.07 Å². The Balaban J connectivity index is 1.14. The molecular formula is C28H32N6O. The van der Waals surface area contributed by atoms with Crippen molar-refractivity contribution in [2.45, 2.75) is 44.9 Å². The van der Waals surface area contributed by atoms with Crippen LogP contribution >= 0.6 is 0 Å². The average Bonchev–Trinajstić information content (AvgIpc) is 2.78. The lowest BCUT2D eigenvalue weighted by Gasteiger charge is -2.64. The first kappa shape index (κ1) is 22.3. The van der Waals surface area contributed by atoms with Gasteiger partial charge < -0.3 is 14.5 Å². The summed E-state index contributed by atoms with van der Waals surface area (Å²) in [6.07, 6.45) is 3.31. The van der Waals surface area contributed by atoms with Crippen LogP contribution in [0.5, 0.6) is 0 Å². The summed E-state index contributed by atoms with van der Waals surface area (Å²) in [7, 11) is 0. The van der Waals surface area contributed by atoms with Gasteiger partial charge in [0.05, 0.1) is 28.8 Å². The van der Waals surface area contributed by atoms with E-state index >= 15 is 0 Å². The van der Waals surface area contributed by atoms with Crippen LogP contribution in [-0.4, -0.2) is 71.9 Å². The number of fused-ring (bicyclic) bond motifs is 1. The van der Waals surface area contributed by atoms with E-state index in [1.165, 1.54) is 12.1 Å². The highest BCUT2D eigenvalue weighted by atomic mass is 16.5. The molecule has 2 aromatic heterocycles. The molecule has 0 aliphatic carbocycles. The Hall–Kier alpha value is -3.21. The van der Waals surface area contributed by atoms with Crippen LogP contribution in [0, 0.1) is 25.2 Å². The van der Waals surface area contributed by atoms with E-state index in [1.807, 2.05) is 12.1 Å². The van der Waals surface area contributed by atoms with Gasteiger partial charge in [0.1, 0.15) is 6.07 Å². The van der Waals surface area contributed by atoms with E-state index in [1.54, 1.807) is 6.20 Å². The van der Waals surface area contributed by atoms with Crippen LogP contribution in [0.3, 0.4) is 0 Å². The largest absolute Gasteiger partial charge is 0.370 e. The highest BCUT2D eigenvalue weighted by Gasteiger charge is 2.53. The van der Waals surface area contributed by atoms with E-state index in [2.05, 4.69) is 75.8 Å². The van der Waals surface area contributed by atoms with Crippen molar-refractivity contribution in [3.63, 3.8) is 0 Å². The van der Waals surface area contributed by atoms with Crippen LogP contribution < -0.4 is 9.80 Å². The first-order chi connectivity index (χ1) is 16.9. The van der Waals surface area contributed by atoms with E-state index in [9.17, 15) is 5.26 Å². The first-order valence-electron chi connectivity index (χ1n) is 12.6. The molecule has 0 radical (unpaired) electrons. The molecule has 0 amide bonds. The van der Waals surface area contributed by atoms with E-state index in [-0.39, 0.29) is 17.7 Å². The molecule has 3 aromatic rings. The molecule has 1 spiro atoms. The molecule has 1 aromatic carbocycles. The Morgan fingerprint density at radius 2 is 1.94 bits per heavy atom. The van der Waals surface area contributed by atoms with E-state index in [0.717, 1.165) is 67.2 Å². The summed E-state index contributed by atoms with van der Waals surface area (Å²) in [6, 6.07) is 14.7. The Morgan fingerprint density at radius 3 is 2.66 bits per heavy atom. The number of aromatic nitrogens is 2. The lowest BCUT2D eigenvalue weighted by Crippen LogP contribution is -2.78. The number of anilines is 2. The van der Waals surface area contributed by atoms with Gasteiger partial charge in [-0.25, -0.2) is 0 Å². The third-order valence-corrected chi connectivity index (χ3v) is 7.78. The van der Waals surface area contributed by atoms with Crippen LogP contribution in [0.1, 0.15) is 30.3 Å². The maximum atomic E-state index is 9.50. The molecule has 3 aliphatic heterocycles. The zero-order valence-corrected chi connectivity index (χ0v) is 20.7. The maximum Gasteiger partial charge on any atom is 0.101 e. The summed E-state index contributed by atoms with van der Waals surface area (Å²) in [6.45, 7) is 12.2. The predicted molar refractivity (Wildman–Crippen MR) is 138 cm³/mol. The Kier molecular flexibility index (Phi) is 5.39. The summed E-state index contributed by atoms with van der Waals surface area (Å²) in [5.41, 5.74) is 6.31. The molecular weight excluding hydrogens is 436 g/mol. The van der Waals surface area contributed by atoms with Gasteiger partial charge in [-0.1, -0.05) is 0 Å². The molecule has 3 fully saturated rings. The fourth-order valence-corrected chi connectivity index (χ4v) is 6.31. The second kappa shape index (κ2) is 8.47.